The summed E-state index contributed by atoms with van der Waals surface area (Å²) in [5.74, 6) is 0. The van der Waals surface area contributed by atoms with Crippen molar-refractivity contribution >= 4 is 15.7 Å². The minimum Gasteiger partial charge on any atom is -0.311 e. The monoisotopic (exact) mass is 311 g/mol. The van der Waals surface area contributed by atoms with Gasteiger partial charge in [0.15, 0.2) is 4.90 Å². The van der Waals surface area contributed by atoms with Crippen LogP contribution in [0.5, 0.6) is 0 Å². The Morgan fingerprint density at radius 1 is 1.19 bits per heavy atom. The number of sulfonamides is 1. The van der Waals surface area contributed by atoms with Crippen molar-refractivity contribution in [2.75, 3.05) is 19.6 Å². The Balaban J connectivity index is 1.86. The van der Waals surface area contributed by atoms with Crippen molar-refractivity contribution in [1.82, 2.24) is 9.62 Å². The Bertz CT molecular complexity index is 660. The minimum absolute atomic E-state index is 0.0919. The molecule has 0 aromatic heterocycles. The number of nitro benzene ring substituents is 1. The lowest BCUT2D eigenvalue weighted by Gasteiger charge is -2.48. The molecule has 0 aliphatic carbocycles. The molecule has 114 valence electrons. The van der Waals surface area contributed by atoms with Gasteiger partial charge >= 0.3 is 0 Å². The fourth-order valence-electron chi connectivity index (χ4n) is 3.03. The molecule has 3 rings (SSSR count). The van der Waals surface area contributed by atoms with Crippen molar-refractivity contribution in [3.63, 3.8) is 0 Å². The number of nitro groups is 1. The normalized spacial score (nSPS) is 21.9. The van der Waals surface area contributed by atoms with Crippen LogP contribution in [0.4, 0.5) is 5.69 Å². The van der Waals surface area contributed by atoms with Crippen LogP contribution in [-0.2, 0) is 10.0 Å². The van der Waals surface area contributed by atoms with E-state index in [9.17, 15) is 18.5 Å². The maximum atomic E-state index is 12.6. The number of piperidine rings is 1. The van der Waals surface area contributed by atoms with Crippen molar-refractivity contribution in [3.8, 4) is 0 Å². The maximum absolute atomic E-state index is 12.6. The molecule has 2 fully saturated rings. The summed E-state index contributed by atoms with van der Waals surface area (Å²) in [5, 5.41) is 14.4. The first-order valence-electron chi connectivity index (χ1n) is 6.93. The summed E-state index contributed by atoms with van der Waals surface area (Å²) in [6.45, 7) is 1.79. The lowest BCUT2D eigenvalue weighted by atomic mass is 9.80. The lowest BCUT2D eigenvalue weighted by molar-refractivity contribution is -0.387. The van der Waals surface area contributed by atoms with Gasteiger partial charge in [-0.1, -0.05) is 12.1 Å². The second kappa shape index (κ2) is 5.04. The fourth-order valence-corrected chi connectivity index (χ4v) is 4.62. The second-order valence-electron chi connectivity index (χ2n) is 5.59. The van der Waals surface area contributed by atoms with Crippen molar-refractivity contribution in [2.45, 2.75) is 29.7 Å². The topological polar surface area (TPSA) is 92.5 Å². The summed E-state index contributed by atoms with van der Waals surface area (Å²) in [4.78, 5) is 10.2. The van der Waals surface area contributed by atoms with Crippen LogP contribution in [0.2, 0.25) is 0 Å². The Hall–Kier alpha value is -1.51. The van der Waals surface area contributed by atoms with Crippen LogP contribution in [0.1, 0.15) is 19.3 Å². The third-order valence-electron chi connectivity index (χ3n) is 4.46. The highest BCUT2D eigenvalue weighted by molar-refractivity contribution is 7.89. The molecule has 1 spiro atoms. The van der Waals surface area contributed by atoms with E-state index in [1.54, 1.807) is 0 Å². The van der Waals surface area contributed by atoms with E-state index in [1.165, 1.54) is 28.6 Å². The molecule has 0 unspecified atom stereocenters. The van der Waals surface area contributed by atoms with Gasteiger partial charge in [-0.25, -0.2) is 8.42 Å². The van der Waals surface area contributed by atoms with Gasteiger partial charge in [0.05, 0.1) is 4.92 Å². The first kappa shape index (κ1) is 14.4. The number of hydrogen-bond donors (Lipinski definition) is 1. The fraction of sp³-hybridized carbons (Fsp3) is 0.538. The van der Waals surface area contributed by atoms with Gasteiger partial charge in [0.2, 0.25) is 10.0 Å². The molecule has 0 amide bonds. The summed E-state index contributed by atoms with van der Waals surface area (Å²) in [7, 11) is -3.81. The molecule has 2 aliphatic rings. The Morgan fingerprint density at radius 2 is 1.81 bits per heavy atom. The zero-order valence-corrected chi connectivity index (χ0v) is 12.3. The van der Waals surface area contributed by atoms with Crippen LogP contribution in [-0.4, -0.2) is 42.8 Å². The Morgan fingerprint density at radius 3 is 2.33 bits per heavy atom. The molecule has 0 radical (unpaired) electrons. The van der Waals surface area contributed by atoms with Crippen molar-refractivity contribution in [1.29, 1.82) is 0 Å². The first-order chi connectivity index (χ1) is 9.95. The van der Waals surface area contributed by atoms with Crippen molar-refractivity contribution in [2.24, 2.45) is 0 Å². The lowest BCUT2D eigenvalue weighted by Crippen LogP contribution is -2.62. The molecular formula is C13H17N3O4S. The predicted molar refractivity (Wildman–Crippen MR) is 76.4 cm³/mol. The minimum atomic E-state index is -3.81. The van der Waals surface area contributed by atoms with Crippen LogP contribution in [0, 0.1) is 10.1 Å². The number of nitrogens with zero attached hydrogens (tertiary/aromatic N) is 2. The average Bonchev–Trinajstić information content (AvgIpc) is 2.45. The van der Waals surface area contributed by atoms with Gasteiger partial charge in [-0.05, 0) is 31.9 Å². The molecule has 0 bridgehead atoms. The zero-order chi connectivity index (χ0) is 15.1. The molecule has 0 saturated carbocycles. The second-order valence-corrected chi connectivity index (χ2v) is 7.49. The quantitative estimate of drug-likeness (QED) is 0.667. The molecule has 2 heterocycles. The van der Waals surface area contributed by atoms with Crippen LogP contribution >= 0.6 is 0 Å². The summed E-state index contributed by atoms with van der Waals surface area (Å²) >= 11 is 0. The van der Waals surface area contributed by atoms with Gasteiger partial charge in [0.1, 0.15) is 0 Å². The molecule has 1 aromatic rings. The highest BCUT2D eigenvalue weighted by atomic mass is 32.2. The number of para-hydroxylation sites is 1. The van der Waals surface area contributed by atoms with Gasteiger partial charge in [-0.3, -0.25) is 10.1 Å². The van der Waals surface area contributed by atoms with Gasteiger partial charge in [0, 0.05) is 24.7 Å². The largest absolute Gasteiger partial charge is 0.311 e. The molecule has 0 atom stereocenters. The van der Waals surface area contributed by atoms with Crippen LogP contribution in [0.15, 0.2) is 29.2 Å². The van der Waals surface area contributed by atoms with Gasteiger partial charge in [-0.2, -0.15) is 4.31 Å². The van der Waals surface area contributed by atoms with Gasteiger partial charge < -0.3 is 5.32 Å². The van der Waals surface area contributed by atoms with Gasteiger partial charge in [-0.15, -0.1) is 0 Å². The standard InChI is InChI=1S/C13H17N3O4S/c17-16(18)11-3-1-2-4-12(11)21(19,20)15-9-6-13(7-10-15)5-8-14-13/h1-4,14H,5-10H2. The number of benzene rings is 1. The molecule has 7 nitrogen and oxygen atoms in total. The molecular weight excluding hydrogens is 294 g/mol. The van der Waals surface area contributed by atoms with Crippen molar-refractivity contribution < 1.29 is 13.3 Å². The maximum Gasteiger partial charge on any atom is 0.289 e. The van der Waals surface area contributed by atoms with Gasteiger partial charge in [0.25, 0.3) is 5.69 Å². The van der Waals surface area contributed by atoms with Crippen molar-refractivity contribution in [3.05, 3.63) is 34.4 Å². The zero-order valence-electron chi connectivity index (χ0n) is 11.5. The molecule has 21 heavy (non-hydrogen) atoms. The smallest absolute Gasteiger partial charge is 0.289 e. The van der Waals surface area contributed by atoms with E-state index in [-0.39, 0.29) is 16.1 Å². The highest BCUT2D eigenvalue weighted by Crippen LogP contribution is 2.34. The van der Waals surface area contributed by atoms with E-state index in [2.05, 4.69) is 5.32 Å². The molecule has 8 heteroatoms. The van der Waals surface area contributed by atoms with E-state index in [4.69, 9.17) is 0 Å². The van der Waals surface area contributed by atoms with Crippen LogP contribution in [0.25, 0.3) is 0 Å². The number of nitrogens with one attached hydrogen (secondary N) is 1. The molecule has 1 N–H and O–H groups in total. The Labute approximate surface area is 123 Å². The Kier molecular flexibility index (Phi) is 3.46. The van der Waals surface area contributed by atoms with E-state index < -0.39 is 14.9 Å². The molecule has 1 aromatic carbocycles. The summed E-state index contributed by atoms with van der Waals surface area (Å²) in [6, 6.07) is 5.52. The van der Waals surface area contributed by atoms with Crippen LogP contribution < -0.4 is 5.32 Å². The van der Waals surface area contributed by atoms with E-state index in [0.717, 1.165) is 25.8 Å². The third-order valence-corrected chi connectivity index (χ3v) is 6.41. The van der Waals surface area contributed by atoms with E-state index >= 15 is 0 Å². The SMILES string of the molecule is O=[N+]([O-])c1ccccc1S(=O)(=O)N1CCC2(CCN2)CC1. The highest BCUT2D eigenvalue weighted by Gasteiger charge is 2.43. The number of hydrogen-bond acceptors (Lipinski definition) is 5. The van der Waals surface area contributed by atoms with Crippen LogP contribution in [0.3, 0.4) is 0 Å². The predicted octanol–water partition coefficient (Wildman–Crippen LogP) is 1.11. The summed E-state index contributed by atoms with van der Waals surface area (Å²) in [6.07, 6.45) is 2.59. The van der Waals surface area contributed by atoms with E-state index in [0.29, 0.717) is 13.1 Å². The van der Waals surface area contributed by atoms with E-state index in [1.807, 2.05) is 0 Å². The third kappa shape index (κ3) is 2.43. The molecule has 2 saturated heterocycles. The summed E-state index contributed by atoms with van der Waals surface area (Å²) in [5.41, 5.74) is -0.270. The summed E-state index contributed by atoms with van der Waals surface area (Å²) < 4.78 is 26.6. The average molecular weight is 311 g/mol. The first-order valence-corrected chi connectivity index (χ1v) is 8.37. The molecule has 2 aliphatic heterocycles. The number of rotatable bonds is 3.